The standard InChI is InChI=1S/C18H20ClN5OS/c19-14-7-5-12(6-8-14)15-11-24-18(22-15)26-17(23-24)21-10-2-9-20-16(25)13-3-1-4-13/h5-8,11,13H,1-4,9-10H2,(H,20,25)(H,21,23). The second kappa shape index (κ2) is 7.63. The summed E-state index contributed by atoms with van der Waals surface area (Å²) >= 11 is 7.44. The highest BCUT2D eigenvalue weighted by Crippen LogP contribution is 2.26. The largest absolute Gasteiger partial charge is 0.360 e. The molecule has 0 saturated heterocycles. The van der Waals surface area contributed by atoms with Crippen molar-refractivity contribution in [2.24, 2.45) is 5.92 Å². The van der Waals surface area contributed by atoms with Gasteiger partial charge in [-0.05, 0) is 31.4 Å². The summed E-state index contributed by atoms with van der Waals surface area (Å²) in [5.74, 6) is 0.461. The van der Waals surface area contributed by atoms with E-state index in [-0.39, 0.29) is 11.8 Å². The minimum Gasteiger partial charge on any atom is -0.360 e. The molecule has 0 bridgehead atoms. The number of hydrogen-bond acceptors (Lipinski definition) is 5. The van der Waals surface area contributed by atoms with Crippen molar-refractivity contribution in [3.05, 3.63) is 35.5 Å². The summed E-state index contributed by atoms with van der Waals surface area (Å²) in [7, 11) is 0. The van der Waals surface area contributed by atoms with Gasteiger partial charge in [-0.3, -0.25) is 4.79 Å². The lowest BCUT2D eigenvalue weighted by atomic mass is 9.85. The first-order valence-electron chi connectivity index (χ1n) is 8.83. The number of benzene rings is 1. The van der Waals surface area contributed by atoms with Gasteiger partial charge < -0.3 is 10.6 Å². The number of carbonyl (C=O) groups is 1. The van der Waals surface area contributed by atoms with Gasteiger partial charge in [-0.1, -0.05) is 41.5 Å². The van der Waals surface area contributed by atoms with Gasteiger partial charge in [0.15, 0.2) is 0 Å². The fourth-order valence-corrected chi connectivity index (χ4v) is 3.77. The number of fused-ring (bicyclic) bond motifs is 1. The summed E-state index contributed by atoms with van der Waals surface area (Å²) in [6, 6.07) is 7.61. The van der Waals surface area contributed by atoms with Crippen LogP contribution in [0.2, 0.25) is 5.02 Å². The average Bonchev–Trinajstić information content (AvgIpc) is 3.12. The van der Waals surface area contributed by atoms with Crippen LogP contribution in [0.4, 0.5) is 5.13 Å². The smallest absolute Gasteiger partial charge is 0.223 e. The number of imidazole rings is 1. The number of nitrogens with zero attached hydrogens (tertiary/aromatic N) is 3. The molecular weight excluding hydrogens is 370 g/mol. The summed E-state index contributed by atoms with van der Waals surface area (Å²) in [6.07, 6.45) is 6.06. The number of rotatable bonds is 7. The van der Waals surface area contributed by atoms with Crippen molar-refractivity contribution >= 4 is 38.9 Å². The van der Waals surface area contributed by atoms with Gasteiger partial charge in [0.25, 0.3) is 0 Å². The van der Waals surface area contributed by atoms with Gasteiger partial charge in [-0.15, -0.1) is 5.10 Å². The van der Waals surface area contributed by atoms with E-state index in [2.05, 4.69) is 20.7 Å². The Kier molecular flexibility index (Phi) is 5.08. The van der Waals surface area contributed by atoms with E-state index in [1.807, 2.05) is 30.5 Å². The van der Waals surface area contributed by atoms with E-state index in [9.17, 15) is 4.79 Å². The van der Waals surface area contributed by atoms with Crippen LogP contribution < -0.4 is 10.6 Å². The van der Waals surface area contributed by atoms with Crippen LogP contribution in [0.1, 0.15) is 25.7 Å². The molecule has 0 spiro atoms. The molecule has 3 aromatic rings. The molecule has 0 aliphatic heterocycles. The number of hydrogen-bond donors (Lipinski definition) is 2. The van der Waals surface area contributed by atoms with E-state index in [0.717, 1.165) is 47.2 Å². The van der Waals surface area contributed by atoms with Gasteiger partial charge in [0.1, 0.15) is 0 Å². The van der Waals surface area contributed by atoms with Gasteiger partial charge in [0.2, 0.25) is 16.0 Å². The first-order valence-corrected chi connectivity index (χ1v) is 10.0. The Morgan fingerprint density at radius 1 is 1.27 bits per heavy atom. The Balaban J connectivity index is 1.27. The lowest BCUT2D eigenvalue weighted by molar-refractivity contribution is -0.127. The molecule has 1 saturated carbocycles. The molecule has 6 nitrogen and oxygen atoms in total. The van der Waals surface area contributed by atoms with Crippen LogP contribution >= 0.6 is 22.9 Å². The summed E-state index contributed by atoms with van der Waals surface area (Å²) in [5.41, 5.74) is 1.90. The van der Waals surface area contributed by atoms with Crippen LogP contribution in [-0.2, 0) is 4.79 Å². The molecule has 2 heterocycles. The molecule has 26 heavy (non-hydrogen) atoms. The van der Waals surface area contributed by atoms with Gasteiger partial charge in [-0.25, -0.2) is 9.50 Å². The Labute approximate surface area is 160 Å². The third-order valence-electron chi connectivity index (χ3n) is 4.59. The third-order valence-corrected chi connectivity index (χ3v) is 5.72. The van der Waals surface area contributed by atoms with Crippen LogP contribution in [0.15, 0.2) is 30.5 Å². The zero-order chi connectivity index (χ0) is 17.9. The van der Waals surface area contributed by atoms with Crippen molar-refractivity contribution in [1.29, 1.82) is 0 Å². The SMILES string of the molecule is O=C(NCCCNc1nn2cc(-c3ccc(Cl)cc3)nc2s1)C1CCC1. The van der Waals surface area contributed by atoms with Crippen molar-refractivity contribution < 1.29 is 4.79 Å². The predicted molar refractivity (Wildman–Crippen MR) is 105 cm³/mol. The highest BCUT2D eigenvalue weighted by atomic mass is 35.5. The zero-order valence-electron chi connectivity index (χ0n) is 14.2. The molecule has 1 aliphatic carbocycles. The quantitative estimate of drug-likeness (QED) is 0.602. The van der Waals surface area contributed by atoms with E-state index in [0.29, 0.717) is 11.6 Å². The van der Waals surface area contributed by atoms with E-state index >= 15 is 0 Å². The molecular formula is C18H20ClN5OS. The minimum atomic E-state index is 0.207. The molecule has 1 amide bonds. The second-order valence-electron chi connectivity index (χ2n) is 6.47. The molecule has 2 N–H and O–H groups in total. The Hall–Kier alpha value is -2.12. The molecule has 2 aromatic heterocycles. The van der Waals surface area contributed by atoms with E-state index in [4.69, 9.17) is 11.6 Å². The summed E-state index contributed by atoms with van der Waals surface area (Å²) in [5, 5.41) is 12.3. The molecule has 0 unspecified atom stereocenters. The molecule has 1 aliphatic rings. The summed E-state index contributed by atoms with van der Waals surface area (Å²) < 4.78 is 1.79. The number of aromatic nitrogens is 3. The van der Waals surface area contributed by atoms with E-state index in [1.165, 1.54) is 17.8 Å². The maximum atomic E-state index is 11.7. The summed E-state index contributed by atoms with van der Waals surface area (Å²) in [6.45, 7) is 1.47. The topological polar surface area (TPSA) is 71.3 Å². The molecule has 8 heteroatoms. The molecule has 4 rings (SSSR count). The fourth-order valence-electron chi connectivity index (χ4n) is 2.84. The zero-order valence-corrected chi connectivity index (χ0v) is 15.8. The molecule has 1 fully saturated rings. The third kappa shape index (κ3) is 3.83. The van der Waals surface area contributed by atoms with E-state index in [1.54, 1.807) is 4.52 Å². The van der Waals surface area contributed by atoms with Crippen LogP contribution in [0.3, 0.4) is 0 Å². The Morgan fingerprint density at radius 2 is 2.08 bits per heavy atom. The molecule has 0 radical (unpaired) electrons. The van der Waals surface area contributed by atoms with E-state index < -0.39 is 0 Å². The minimum absolute atomic E-state index is 0.207. The van der Waals surface area contributed by atoms with Crippen LogP contribution in [0, 0.1) is 5.92 Å². The Bertz CT molecular complexity index is 869. The molecule has 1 aromatic carbocycles. The first-order chi connectivity index (χ1) is 12.7. The monoisotopic (exact) mass is 389 g/mol. The normalized spacial score (nSPS) is 14.3. The van der Waals surface area contributed by atoms with Crippen molar-refractivity contribution in [3.63, 3.8) is 0 Å². The number of halogens is 1. The average molecular weight is 390 g/mol. The second-order valence-corrected chi connectivity index (χ2v) is 7.86. The highest BCUT2D eigenvalue weighted by Gasteiger charge is 2.24. The first kappa shape index (κ1) is 17.3. The highest BCUT2D eigenvalue weighted by molar-refractivity contribution is 7.20. The predicted octanol–water partition coefficient (Wildman–Crippen LogP) is 3.83. The number of anilines is 1. The van der Waals surface area contributed by atoms with Crippen molar-refractivity contribution in [3.8, 4) is 11.3 Å². The maximum Gasteiger partial charge on any atom is 0.223 e. The lowest BCUT2D eigenvalue weighted by Crippen LogP contribution is -2.35. The number of nitrogens with one attached hydrogen (secondary N) is 2. The van der Waals surface area contributed by atoms with Gasteiger partial charge in [0, 0.05) is 29.6 Å². The van der Waals surface area contributed by atoms with Crippen LogP contribution in [0.25, 0.3) is 16.2 Å². The van der Waals surface area contributed by atoms with Crippen molar-refractivity contribution in [1.82, 2.24) is 19.9 Å². The van der Waals surface area contributed by atoms with Crippen LogP contribution in [0.5, 0.6) is 0 Å². The maximum absolute atomic E-state index is 11.7. The summed E-state index contributed by atoms with van der Waals surface area (Å²) in [4.78, 5) is 17.2. The lowest BCUT2D eigenvalue weighted by Gasteiger charge is -2.23. The van der Waals surface area contributed by atoms with Crippen molar-refractivity contribution in [2.75, 3.05) is 18.4 Å². The molecule has 0 atom stereocenters. The van der Waals surface area contributed by atoms with Gasteiger partial charge in [0.05, 0.1) is 11.9 Å². The number of amides is 1. The fraction of sp³-hybridized carbons (Fsp3) is 0.389. The van der Waals surface area contributed by atoms with Gasteiger partial charge >= 0.3 is 0 Å². The number of carbonyl (C=O) groups excluding carboxylic acids is 1. The molecule has 136 valence electrons. The Morgan fingerprint density at radius 3 is 2.77 bits per heavy atom. The van der Waals surface area contributed by atoms with Crippen molar-refractivity contribution in [2.45, 2.75) is 25.7 Å². The van der Waals surface area contributed by atoms with Gasteiger partial charge in [-0.2, -0.15) is 0 Å². The van der Waals surface area contributed by atoms with Crippen LogP contribution in [-0.4, -0.2) is 33.6 Å².